The summed E-state index contributed by atoms with van der Waals surface area (Å²) in [6.07, 6.45) is -1.85. The zero-order valence-corrected chi connectivity index (χ0v) is 14.4. The minimum atomic E-state index is -4.36. The molecule has 0 aromatic heterocycles. The Morgan fingerprint density at radius 3 is 2.44 bits per heavy atom. The zero-order valence-electron chi connectivity index (χ0n) is 14.4. The Balaban J connectivity index is 1.88. The van der Waals surface area contributed by atoms with Gasteiger partial charge >= 0.3 is 12.3 Å². The predicted molar refractivity (Wildman–Crippen MR) is 87.3 cm³/mol. The molecule has 2 saturated carbocycles. The summed E-state index contributed by atoms with van der Waals surface area (Å²) in [6.45, 7) is 4.08. The van der Waals surface area contributed by atoms with Crippen LogP contribution in [-0.4, -0.2) is 34.2 Å². The maximum Gasteiger partial charge on any atom is 0.416 e. The van der Waals surface area contributed by atoms with E-state index in [0.717, 1.165) is 31.7 Å². The van der Waals surface area contributed by atoms with E-state index in [4.69, 9.17) is 5.11 Å². The van der Waals surface area contributed by atoms with Gasteiger partial charge in [0.2, 0.25) is 0 Å². The van der Waals surface area contributed by atoms with Crippen LogP contribution in [0, 0.1) is 0 Å². The fourth-order valence-electron chi connectivity index (χ4n) is 3.62. The highest BCUT2D eigenvalue weighted by Gasteiger charge is 2.55. The molecular formula is C18H23F3N2O2. The van der Waals surface area contributed by atoms with Gasteiger partial charge in [0.1, 0.15) is 0 Å². The third-order valence-corrected chi connectivity index (χ3v) is 5.00. The number of rotatable bonds is 6. The summed E-state index contributed by atoms with van der Waals surface area (Å²) in [4.78, 5) is 13.2. The number of alkyl halides is 3. The molecule has 0 unspecified atom stereocenters. The molecule has 0 saturated heterocycles. The molecule has 2 N–H and O–H groups in total. The van der Waals surface area contributed by atoms with E-state index in [0.29, 0.717) is 18.2 Å². The van der Waals surface area contributed by atoms with Crippen molar-refractivity contribution in [2.45, 2.75) is 62.8 Å². The number of carboxylic acid groups (broad SMARTS) is 1. The summed E-state index contributed by atoms with van der Waals surface area (Å²) in [5, 5.41) is 11.5. The van der Waals surface area contributed by atoms with Crippen molar-refractivity contribution < 1.29 is 23.1 Å². The lowest BCUT2D eigenvalue weighted by Crippen LogP contribution is -2.54. The lowest BCUT2D eigenvalue weighted by molar-refractivity contribution is -0.137. The van der Waals surface area contributed by atoms with E-state index in [-0.39, 0.29) is 0 Å². The van der Waals surface area contributed by atoms with Gasteiger partial charge in [-0.2, -0.15) is 13.2 Å². The molecule has 3 rings (SSSR count). The Hall–Kier alpha value is -1.76. The number of nitrogens with zero attached hydrogens (tertiary/aromatic N) is 1. The molecule has 0 radical (unpaired) electrons. The van der Waals surface area contributed by atoms with Crippen LogP contribution in [0.5, 0.6) is 0 Å². The van der Waals surface area contributed by atoms with E-state index in [2.05, 4.69) is 10.2 Å². The maximum atomic E-state index is 13.1. The van der Waals surface area contributed by atoms with Gasteiger partial charge < -0.3 is 10.4 Å². The van der Waals surface area contributed by atoms with Crippen molar-refractivity contribution in [3.63, 3.8) is 0 Å². The highest BCUT2D eigenvalue weighted by molar-refractivity contribution is 5.65. The van der Waals surface area contributed by atoms with Gasteiger partial charge in [-0.3, -0.25) is 4.90 Å². The highest BCUT2D eigenvalue weighted by Crippen LogP contribution is 2.55. The van der Waals surface area contributed by atoms with E-state index in [9.17, 15) is 18.0 Å². The molecule has 2 aliphatic carbocycles. The van der Waals surface area contributed by atoms with Crippen LogP contribution in [0.3, 0.4) is 0 Å². The zero-order chi connectivity index (χ0) is 18.5. The van der Waals surface area contributed by atoms with Gasteiger partial charge in [-0.1, -0.05) is 12.1 Å². The monoisotopic (exact) mass is 356 g/mol. The van der Waals surface area contributed by atoms with Crippen molar-refractivity contribution in [2.75, 3.05) is 6.54 Å². The molecule has 1 aromatic rings. The fourth-order valence-corrected chi connectivity index (χ4v) is 3.62. The number of amides is 1. The SMILES string of the molecule is CC(C)(CN(C1CC1)C1(c2cccc(C(F)(F)F)c2)CC1)NC(=O)O. The number of benzene rings is 1. The summed E-state index contributed by atoms with van der Waals surface area (Å²) in [5.74, 6) is 0. The number of carbonyl (C=O) groups is 1. The number of hydrogen-bond acceptors (Lipinski definition) is 2. The van der Waals surface area contributed by atoms with Crippen LogP contribution in [-0.2, 0) is 11.7 Å². The Morgan fingerprint density at radius 1 is 1.32 bits per heavy atom. The van der Waals surface area contributed by atoms with Crippen LogP contribution in [0.15, 0.2) is 24.3 Å². The lowest BCUT2D eigenvalue weighted by Gasteiger charge is -2.39. The van der Waals surface area contributed by atoms with E-state index < -0.39 is 28.9 Å². The fraction of sp³-hybridized carbons (Fsp3) is 0.611. The number of nitrogens with one attached hydrogen (secondary N) is 1. The first-order valence-electron chi connectivity index (χ1n) is 8.49. The second-order valence-corrected chi connectivity index (χ2v) is 7.78. The number of hydrogen-bond donors (Lipinski definition) is 2. The van der Waals surface area contributed by atoms with Crippen LogP contribution >= 0.6 is 0 Å². The maximum absolute atomic E-state index is 13.1. The van der Waals surface area contributed by atoms with E-state index >= 15 is 0 Å². The van der Waals surface area contributed by atoms with Crippen molar-refractivity contribution in [3.05, 3.63) is 35.4 Å². The molecule has 0 heterocycles. The summed E-state index contributed by atoms with van der Waals surface area (Å²) in [7, 11) is 0. The van der Waals surface area contributed by atoms with Crippen molar-refractivity contribution in [2.24, 2.45) is 0 Å². The minimum Gasteiger partial charge on any atom is -0.465 e. The normalized spacial score (nSPS) is 19.8. The smallest absolute Gasteiger partial charge is 0.416 e. The molecule has 1 amide bonds. The van der Waals surface area contributed by atoms with E-state index in [1.165, 1.54) is 12.1 Å². The van der Waals surface area contributed by atoms with Gasteiger partial charge in [0, 0.05) is 18.1 Å². The van der Waals surface area contributed by atoms with E-state index in [1.807, 2.05) is 0 Å². The third kappa shape index (κ3) is 3.92. The van der Waals surface area contributed by atoms with Crippen molar-refractivity contribution >= 4 is 6.09 Å². The Labute approximate surface area is 145 Å². The van der Waals surface area contributed by atoms with Gasteiger partial charge in [-0.25, -0.2) is 4.79 Å². The summed E-state index contributed by atoms with van der Waals surface area (Å²) in [6, 6.07) is 5.88. The Morgan fingerprint density at radius 2 is 1.96 bits per heavy atom. The molecule has 0 spiro atoms. The first-order valence-corrected chi connectivity index (χ1v) is 8.49. The standard InChI is InChI=1S/C18H23F3N2O2/c1-16(2,22-15(24)25)11-23(14-6-7-14)17(8-9-17)12-4-3-5-13(10-12)18(19,20)21/h3-5,10,14,22H,6-9,11H2,1-2H3,(H,24,25). The third-order valence-electron chi connectivity index (χ3n) is 5.00. The van der Waals surface area contributed by atoms with E-state index in [1.54, 1.807) is 19.9 Å². The molecule has 0 aliphatic heterocycles. The van der Waals surface area contributed by atoms with Gasteiger partial charge in [-0.05, 0) is 57.2 Å². The van der Waals surface area contributed by atoms with Gasteiger partial charge in [0.05, 0.1) is 11.1 Å². The molecule has 2 fully saturated rings. The largest absolute Gasteiger partial charge is 0.465 e. The molecule has 25 heavy (non-hydrogen) atoms. The molecule has 0 atom stereocenters. The van der Waals surface area contributed by atoms with Crippen molar-refractivity contribution in [1.29, 1.82) is 0 Å². The van der Waals surface area contributed by atoms with Crippen molar-refractivity contribution in [1.82, 2.24) is 10.2 Å². The quantitative estimate of drug-likeness (QED) is 0.803. The lowest BCUT2D eigenvalue weighted by atomic mass is 9.96. The summed E-state index contributed by atoms with van der Waals surface area (Å²) >= 11 is 0. The molecule has 2 aliphatic rings. The summed E-state index contributed by atoms with van der Waals surface area (Å²) in [5.41, 5.74) is -1.03. The molecule has 0 bridgehead atoms. The summed E-state index contributed by atoms with van der Waals surface area (Å²) < 4.78 is 39.2. The first kappa shape index (κ1) is 18.0. The van der Waals surface area contributed by atoms with Gasteiger partial charge in [0.25, 0.3) is 0 Å². The Bertz CT molecular complexity index is 665. The highest BCUT2D eigenvalue weighted by atomic mass is 19.4. The van der Waals surface area contributed by atoms with Crippen LogP contribution in [0.2, 0.25) is 0 Å². The average Bonchev–Trinajstić information content (AvgIpc) is 3.35. The topological polar surface area (TPSA) is 52.6 Å². The molecule has 7 heteroatoms. The predicted octanol–water partition coefficient (Wildman–Crippen LogP) is 4.21. The second-order valence-electron chi connectivity index (χ2n) is 7.78. The van der Waals surface area contributed by atoms with Crippen LogP contribution in [0.1, 0.15) is 50.7 Å². The van der Waals surface area contributed by atoms with Crippen molar-refractivity contribution in [3.8, 4) is 0 Å². The molecule has 138 valence electrons. The molecule has 4 nitrogen and oxygen atoms in total. The molecule has 1 aromatic carbocycles. The van der Waals surface area contributed by atoms with Crippen LogP contribution < -0.4 is 5.32 Å². The number of halogens is 3. The first-order chi connectivity index (χ1) is 11.5. The average molecular weight is 356 g/mol. The Kier molecular flexibility index (Phi) is 4.26. The van der Waals surface area contributed by atoms with Gasteiger partial charge in [-0.15, -0.1) is 0 Å². The van der Waals surface area contributed by atoms with Crippen LogP contribution in [0.25, 0.3) is 0 Å². The second kappa shape index (κ2) is 5.90. The van der Waals surface area contributed by atoms with Crippen LogP contribution in [0.4, 0.5) is 18.0 Å². The van der Waals surface area contributed by atoms with Gasteiger partial charge in [0.15, 0.2) is 0 Å². The molecular weight excluding hydrogens is 333 g/mol. The minimum absolute atomic E-state index is 0.312.